The molecule has 0 aromatic carbocycles. The van der Waals surface area contributed by atoms with Gasteiger partial charge in [0.25, 0.3) is 0 Å². The van der Waals surface area contributed by atoms with Crippen LogP contribution in [0.5, 0.6) is 0 Å². The molecule has 0 amide bonds. The zero-order chi connectivity index (χ0) is 25.7. The average Bonchev–Trinajstić information content (AvgIpc) is 3.36. The highest BCUT2D eigenvalue weighted by atomic mass is 35.5. The topological polar surface area (TPSA) is 113 Å². The first-order valence-corrected chi connectivity index (χ1v) is 13.5. The summed E-state index contributed by atoms with van der Waals surface area (Å²) in [5, 5.41) is 20.7. The third kappa shape index (κ3) is 6.51. The minimum atomic E-state index is -0.659. The van der Waals surface area contributed by atoms with Crippen molar-refractivity contribution in [3.05, 3.63) is 35.5 Å². The van der Waals surface area contributed by atoms with Gasteiger partial charge in [0, 0.05) is 50.5 Å². The second kappa shape index (κ2) is 11.5. The van der Waals surface area contributed by atoms with Crippen molar-refractivity contribution in [1.82, 2.24) is 15.3 Å². The maximum Gasteiger partial charge on any atom is 0.224 e. The Morgan fingerprint density at radius 3 is 2.51 bits per heavy atom. The molecule has 2 aliphatic heterocycles. The number of ether oxygens (including phenoxy) is 3. The predicted octanol–water partition coefficient (Wildman–Crippen LogP) is 4.56. The Morgan fingerprint density at radius 2 is 1.78 bits per heavy atom. The molecule has 2 aromatic rings. The average molecular weight is 527 g/mol. The Labute approximate surface area is 223 Å². The first kappa shape index (κ1) is 26.1. The van der Waals surface area contributed by atoms with Crippen molar-refractivity contribution >= 4 is 23.2 Å². The maximum atomic E-state index is 9.73. The molecule has 9 nitrogen and oxygen atoms in total. The van der Waals surface area contributed by atoms with Crippen molar-refractivity contribution in [3.8, 4) is 17.3 Å². The number of nitrogens with zero attached hydrogens (tertiary/aromatic N) is 3. The highest BCUT2D eigenvalue weighted by Gasteiger charge is 2.35. The molecule has 0 spiro atoms. The summed E-state index contributed by atoms with van der Waals surface area (Å²) >= 11 is 6.54. The molecular weight excluding hydrogens is 492 g/mol. The molecule has 3 fully saturated rings. The van der Waals surface area contributed by atoms with E-state index in [0.717, 1.165) is 61.4 Å². The summed E-state index contributed by atoms with van der Waals surface area (Å²) in [5.74, 6) is 0.848. The Balaban J connectivity index is 1.20. The van der Waals surface area contributed by atoms with E-state index in [1.54, 1.807) is 6.20 Å². The highest BCUT2D eigenvalue weighted by Crippen LogP contribution is 2.32. The molecule has 198 valence electrons. The Kier molecular flexibility index (Phi) is 8.12. The normalized spacial score (nSPS) is 24.8. The third-order valence-corrected chi connectivity index (χ3v) is 7.86. The fraction of sp³-hybridized carbons (Fsp3) is 0.593. The molecule has 3 N–H and O–H groups in total. The van der Waals surface area contributed by atoms with E-state index >= 15 is 0 Å². The summed E-state index contributed by atoms with van der Waals surface area (Å²) in [6.07, 6.45) is 7.24. The molecule has 2 saturated heterocycles. The second-order valence-corrected chi connectivity index (χ2v) is 10.7. The summed E-state index contributed by atoms with van der Waals surface area (Å²) in [4.78, 5) is 9.30. The van der Waals surface area contributed by atoms with Crippen molar-refractivity contribution in [1.29, 1.82) is 5.26 Å². The van der Waals surface area contributed by atoms with Crippen LogP contribution in [-0.2, 0) is 14.2 Å². The summed E-state index contributed by atoms with van der Waals surface area (Å²) in [6.45, 7) is 4.99. The molecular formula is C27H35ClN6O3. The first-order chi connectivity index (χ1) is 18.0. The van der Waals surface area contributed by atoms with E-state index in [9.17, 15) is 5.26 Å². The van der Waals surface area contributed by atoms with Gasteiger partial charge in [-0.2, -0.15) is 5.26 Å². The minimum Gasteiger partial charge on any atom is -0.381 e. The van der Waals surface area contributed by atoms with Crippen LogP contribution in [0.15, 0.2) is 30.5 Å². The van der Waals surface area contributed by atoms with Crippen LogP contribution in [0.2, 0.25) is 5.02 Å². The van der Waals surface area contributed by atoms with Crippen molar-refractivity contribution in [2.45, 2.75) is 63.4 Å². The maximum absolute atomic E-state index is 9.73. The number of aromatic nitrogens is 2. The van der Waals surface area contributed by atoms with Crippen LogP contribution < -0.4 is 16.0 Å². The molecule has 10 heteroatoms. The van der Waals surface area contributed by atoms with Crippen molar-refractivity contribution in [3.63, 3.8) is 0 Å². The van der Waals surface area contributed by atoms with Gasteiger partial charge in [0.15, 0.2) is 0 Å². The van der Waals surface area contributed by atoms with E-state index in [1.807, 2.05) is 31.2 Å². The van der Waals surface area contributed by atoms with Gasteiger partial charge in [0.2, 0.25) is 5.91 Å². The number of pyridine rings is 2. The number of rotatable bonds is 8. The molecule has 0 atom stereocenters. The van der Waals surface area contributed by atoms with Crippen LogP contribution in [0.3, 0.4) is 0 Å². The lowest BCUT2D eigenvalue weighted by Crippen LogP contribution is -2.50. The van der Waals surface area contributed by atoms with Gasteiger partial charge >= 0.3 is 0 Å². The van der Waals surface area contributed by atoms with E-state index in [4.69, 9.17) is 30.8 Å². The standard InChI is InChI=1S/C27H35ClN6O3/c1-26(36-13-14-37-26)34-20-7-5-19(6-8-20)32-25-15-21(22(28)16-30-25)23-3-2-4-24(33-23)31-18-27(17-29)9-11-35-12-10-27/h2-4,15-16,19-20,34H,5-14,18H2,1H3,(H,30,32)(H,31,33)/t19-,20-. The van der Waals surface area contributed by atoms with Crippen molar-refractivity contribution in [2.24, 2.45) is 5.41 Å². The smallest absolute Gasteiger partial charge is 0.224 e. The van der Waals surface area contributed by atoms with Gasteiger partial charge in [-0.1, -0.05) is 17.7 Å². The number of hydrogen-bond donors (Lipinski definition) is 3. The zero-order valence-electron chi connectivity index (χ0n) is 21.3. The van der Waals surface area contributed by atoms with Crippen LogP contribution in [0.1, 0.15) is 45.4 Å². The van der Waals surface area contributed by atoms with E-state index in [-0.39, 0.29) is 0 Å². The fourth-order valence-electron chi connectivity index (χ4n) is 5.31. The first-order valence-electron chi connectivity index (χ1n) is 13.1. The molecule has 0 radical (unpaired) electrons. The largest absolute Gasteiger partial charge is 0.381 e. The van der Waals surface area contributed by atoms with E-state index < -0.39 is 11.3 Å². The molecule has 5 rings (SSSR count). The van der Waals surface area contributed by atoms with Gasteiger partial charge in [-0.05, 0) is 56.7 Å². The van der Waals surface area contributed by atoms with Crippen molar-refractivity contribution in [2.75, 3.05) is 43.6 Å². The van der Waals surface area contributed by atoms with E-state index in [0.29, 0.717) is 50.1 Å². The third-order valence-electron chi connectivity index (χ3n) is 7.56. The van der Waals surface area contributed by atoms with Gasteiger partial charge in [-0.15, -0.1) is 0 Å². The molecule has 4 heterocycles. The lowest BCUT2D eigenvalue weighted by molar-refractivity contribution is -0.173. The molecule has 1 saturated carbocycles. The van der Waals surface area contributed by atoms with Gasteiger partial charge in [0.1, 0.15) is 11.6 Å². The summed E-state index contributed by atoms with van der Waals surface area (Å²) < 4.78 is 16.8. The monoisotopic (exact) mass is 526 g/mol. The van der Waals surface area contributed by atoms with Crippen molar-refractivity contribution < 1.29 is 14.2 Å². The van der Waals surface area contributed by atoms with Crippen LogP contribution in [0, 0.1) is 16.7 Å². The van der Waals surface area contributed by atoms with E-state index in [1.165, 1.54) is 0 Å². The molecule has 0 unspecified atom stereocenters. The molecule has 37 heavy (non-hydrogen) atoms. The Morgan fingerprint density at radius 1 is 1.05 bits per heavy atom. The van der Waals surface area contributed by atoms with Gasteiger partial charge in [0.05, 0.1) is 35.4 Å². The lowest BCUT2D eigenvalue weighted by Gasteiger charge is -2.35. The van der Waals surface area contributed by atoms with Crippen LogP contribution in [0.4, 0.5) is 11.6 Å². The highest BCUT2D eigenvalue weighted by molar-refractivity contribution is 6.33. The summed E-state index contributed by atoms with van der Waals surface area (Å²) in [5.41, 5.74) is 1.16. The molecule has 1 aliphatic carbocycles. The fourth-order valence-corrected chi connectivity index (χ4v) is 5.51. The quantitative estimate of drug-likeness (QED) is 0.455. The molecule has 2 aromatic heterocycles. The number of halogens is 1. The lowest BCUT2D eigenvalue weighted by atomic mass is 9.82. The number of anilines is 2. The molecule has 0 bridgehead atoms. The van der Waals surface area contributed by atoms with Crippen LogP contribution in [0.25, 0.3) is 11.3 Å². The van der Waals surface area contributed by atoms with Gasteiger partial charge in [-0.3, -0.25) is 5.32 Å². The second-order valence-electron chi connectivity index (χ2n) is 10.3. The predicted molar refractivity (Wildman–Crippen MR) is 142 cm³/mol. The number of hydrogen-bond acceptors (Lipinski definition) is 9. The minimum absolute atomic E-state index is 0.334. The van der Waals surface area contributed by atoms with Gasteiger partial charge < -0.3 is 24.8 Å². The van der Waals surface area contributed by atoms with Crippen LogP contribution >= 0.6 is 11.6 Å². The number of nitrogens with one attached hydrogen (secondary N) is 3. The SMILES string of the molecule is CC1(N[C@H]2CC[C@H](Nc3cc(-c4cccc(NCC5(C#N)CCOCC5)n4)c(Cl)cn3)CC2)OCCO1. The van der Waals surface area contributed by atoms with Gasteiger partial charge in [-0.25, -0.2) is 9.97 Å². The Hall–Kier alpha value is -2.48. The zero-order valence-corrected chi connectivity index (χ0v) is 22.0. The van der Waals surface area contributed by atoms with Crippen LogP contribution in [-0.4, -0.2) is 60.9 Å². The van der Waals surface area contributed by atoms with E-state index in [2.05, 4.69) is 27.0 Å². The Bertz CT molecular complexity index is 1110. The molecule has 3 aliphatic rings. The summed E-state index contributed by atoms with van der Waals surface area (Å²) in [6, 6.07) is 11.0. The number of nitriles is 1. The summed E-state index contributed by atoms with van der Waals surface area (Å²) in [7, 11) is 0.